The molecule has 0 nitrogen and oxygen atoms in total. The van der Waals surface area contributed by atoms with Crippen LogP contribution < -0.4 is 0 Å². The van der Waals surface area contributed by atoms with Gasteiger partial charge in [-0.15, -0.1) is 0 Å². The van der Waals surface area contributed by atoms with Crippen LogP contribution in [-0.2, 0) is 0 Å². The van der Waals surface area contributed by atoms with Crippen molar-refractivity contribution in [2.75, 3.05) is 13.3 Å². The first-order valence-electron chi connectivity index (χ1n) is 4.32. The molecule has 0 saturated heterocycles. The average molecular weight is 168 g/mol. The van der Waals surface area contributed by atoms with E-state index in [9.17, 15) is 0 Å². The third-order valence-electron chi connectivity index (χ3n) is 2.09. The minimum absolute atomic E-state index is 0.129. The van der Waals surface area contributed by atoms with Crippen LogP contribution in [0.25, 0.3) is 0 Å². The van der Waals surface area contributed by atoms with Gasteiger partial charge in [0.25, 0.3) is 0 Å². The summed E-state index contributed by atoms with van der Waals surface area (Å²) in [5.74, 6) is 0. The molecule has 0 fully saturated rings. The molecule has 0 heterocycles. The lowest BCUT2D eigenvalue weighted by Gasteiger charge is -2.18. The molecule has 62 valence electrons. The van der Waals surface area contributed by atoms with Gasteiger partial charge in [-0.25, -0.2) is 0 Å². The normalized spacial score (nSPS) is 18.2. The van der Waals surface area contributed by atoms with Gasteiger partial charge in [0, 0.05) is 0 Å². The highest BCUT2D eigenvalue weighted by Crippen LogP contribution is 2.44. The van der Waals surface area contributed by atoms with Crippen LogP contribution in [0, 0.1) is 0 Å². The maximum absolute atomic E-state index is 2.44. The molecule has 0 aromatic heterocycles. The van der Waals surface area contributed by atoms with Crippen LogP contribution in [0.1, 0.15) is 26.2 Å². The first-order valence-corrected chi connectivity index (χ1v) is 6.56. The Hall–Kier alpha value is -0.0900. The van der Waals surface area contributed by atoms with Crippen molar-refractivity contribution in [2.45, 2.75) is 26.2 Å². The van der Waals surface area contributed by atoms with Gasteiger partial charge in [-0.2, -0.15) is 0 Å². The van der Waals surface area contributed by atoms with Crippen molar-refractivity contribution in [1.82, 2.24) is 0 Å². The molecular weight excluding hydrogens is 151 g/mol. The minimum Gasteiger partial charge on any atom is -0.0817 e. The summed E-state index contributed by atoms with van der Waals surface area (Å²) < 4.78 is 0. The van der Waals surface area contributed by atoms with E-state index < -0.39 is 0 Å². The van der Waals surface area contributed by atoms with E-state index in [0.717, 1.165) is 0 Å². The lowest BCUT2D eigenvalue weighted by Crippen LogP contribution is -1.91. The van der Waals surface area contributed by atoms with Crippen LogP contribution in [-0.4, -0.2) is 13.3 Å². The van der Waals surface area contributed by atoms with E-state index >= 15 is 0 Å². The Morgan fingerprint density at radius 3 is 2.36 bits per heavy atom. The van der Waals surface area contributed by atoms with E-state index in [-0.39, 0.29) is 7.92 Å². The molecule has 0 saturated carbocycles. The predicted octanol–water partition coefficient (Wildman–Crippen LogP) is 3.74. The lowest BCUT2D eigenvalue weighted by atomic mass is 10.1. The predicted molar refractivity (Wildman–Crippen MR) is 54.5 cm³/mol. The minimum atomic E-state index is 0.129. The highest BCUT2D eigenvalue weighted by Gasteiger charge is 2.09. The molecule has 0 bridgehead atoms. The van der Waals surface area contributed by atoms with Crippen LogP contribution in [0.5, 0.6) is 0 Å². The van der Waals surface area contributed by atoms with Crippen LogP contribution in [0.15, 0.2) is 23.0 Å². The fourth-order valence-electron chi connectivity index (χ4n) is 1.51. The maximum atomic E-state index is 2.44. The SMILES string of the molecule is CCC1=CCCC=C1P(C)C. The fraction of sp³-hybridized carbons (Fsp3) is 0.600. The molecule has 1 aliphatic carbocycles. The molecule has 1 rings (SSSR count). The van der Waals surface area contributed by atoms with E-state index in [1.165, 1.54) is 19.3 Å². The Morgan fingerprint density at radius 2 is 1.91 bits per heavy atom. The first-order chi connectivity index (χ1) is 5.25. The van der Waals surface area contributed by atoms with E-state index in [4.69, 9.17) is 0 Å². The second-order valence-electron chi connectivity index (χ2n) is 3.14. The summed E-state index contributed by atoms with van der Waals surface area (Å²) in [4.78, 5) is 0. The molecule has 0 N–H and O–H groups in total. The van der Waals surface area contributed by atoms with E-state index in [2.05, 4.69) is 32.4 Å². The van der Waals surface area contributed by atoms with Crippen LogP contribution >= 0.6 is 7.92 Å². The summed E-state index contributed by atoms with van der Waals surface area (Å²) >= 11 is 0. The van der Waals surface area contributed by atoms with Crippen molar-refractivity contribution in [3.8, 4) is 0 Å². The van der Waals surface area contributed by atoms with Crippen molar-refractivity contribution >= 4 is 7.92 Å². The second kappa shape index (κ2) is 4.07. The Morgan fingerprint density at radius 1 is 1.27 bits per heavy atom. The molecule has 0 amide bonds. The van der Waals surface area contributed by atoms with Crippen LogP contribution in [0.2, 0.25) is 0 Å². The zero-order chi connectivity index (χ0) is 8.27. The molecular formula is C10H17P. The average Bonchev–Trinajstić information content (AvgIpc) is 2.04. The Bertz CT molecular complexity index is 187. The monoisotopic (exact) mass is 168 g/mol. The summed E-state index contributed by atoms with van der Waals surface area (Å²) in [6, 6.07) is 0. The van der Waals surface area contributed by atoms with E-state index in [1.54, 1.807) is 10.9 Å². The summed E-state index contributed by atoms with van der Waals surface area (Å²) in [5, 5.41) is 1.65. The van der Waals surface area contributed by atoms with Gasteiger partial charge in [-0.1, -0.05) is 27.0 Å². The lowest BCUT2D eigenvalue weighted by molar-refractivity contribution is 0.976. The van der Waals surface area contributed by atoms with Crippen molar-refractivity contribution in [3.05, 3.63) is 23.0 Å². The highest BCUT2D eigenvalue weighted by molar-refractivity contribution is 7.60. The van der Waals surface area contributed by atoms with Gasteiger partial charge in [0.1, 0.15) is 0 Å². The van der Waals surface area contributed by atoms with Gasteiger partial charge in [0.2, 0.25) is 0 Å². The van der Waals surface area contributed by atoms with Gasteiger partial charge >= 0.3 is 0 Å². The third kappa shape index (κ3) is 2.17. The Labute approximate surface area is 71.1 Å². The Balaban J connectivity index is 2.75. The number of hydrogen-bond acceptors (Lipinski definition) is 0. The Kier molecular flexibility index (Phi) is 3.33. The van der Waals surface area contributed by atoms with Crippen LogP contribution in [0.4, 0.5) is 0 Å². The van der Waals surface area contributed by atoms with E-state index in [0.29, 0.717) is 0 Å². The molecule has 0 aromatic carbocycles. The molecule has 0 spiro atoms. The zero-order valence-electron chi connectivity index (χ0n) is 7.72. The first kappa shape index (κ1) is 9.00. The highest BCUT2D eigenvalue weighted by atomic mass is 31.1. The van der Waals surface area contributed by atoms with Gasteiger partial charge in [0.05, 0.1) is 0 Å². The molecule has 1 aliphatic rings. The number of rotatable bonds is 2. The van der Waals surface area contributed by atoms with Crippen molar-refractivity contribution < 1.29 is 0 Å². The largest absolute Gasteiger partial charge is 0.0817 e. The number of hydrogen-bond donors (Lipinski definition) is 0. The van der Waals surface area contributed by atoms with Crippen molar-refractivity contribution in [3.63, 3.8) is 0 Å². The molecule has 1 heteroatoms. The second-order valence-corrected chi connectivity index (χ2v) is 5.41. The molecule has 0 radical (unpaired) electrons. The third-order valence-corrected chi connectivity index (χ3v) is 3.52. The van der Waals surface area contributed by atoms with Gasteiger partial charge < -0.3 is 0 Å². The summed E-state index contributed by atoms with van der Waals surface area (Å²) in [7, 11) is 0.129. The molecule has 0 atom stereocenters. The summed E-state index contributed by atoms with van der Waals surface area (Å²) in [6.07, 6.45) is 8.59. The zero-order valence-corrected chi connectivity index (χ0v) is 8.62. The van der Waals surface area contributed by atoms with Crippen molar-refractivity contribution in [1.29, 1.82) is 0 Å². The topological polar surface area (TPSA) is 0 Å². The fourth-order valence-corrected chi connectivity index (χ4v) is 2.83. The molecule has 0 unspecified atom stereocenters. The maximum Gasteiger partial charge on any atom is -0.0257 e. The molecule has 11 heavy (non-hydrogen) atoms. The smallest absolute Gasteiger partial charge is 0.0257 e. The van der Waals surface area contributed by atoms with Crippen LogP contribution in [0.3, 0.4) is 0 Å². The van der Waals surface area contributed by atoms with Gasteiger partial charge in [0.15, 0.2) is 0 Å². The van der Waals surface area contributed by atoms with Gasteiger partial charge in [-0.05, 0) is 43.5 Å². The standard InChI is InChI=1S/C10H17P/c1-4-9-7-5-6-8-10(9)11(2)3/h7-8H,4-6H2,1-3H3. The number of allylic oxidation sites excluding steroid dienone is 4. The molecule has 0 aromatic rings. The van der Waals surface area contributed by atoms with Crippen molar-refractivity contribution in [2.24, 2.45) is 0 Å². The summed E-state index contributed by atoms with van der Waals surface area (Å²) in [5.41, 5.74) is 1.60. The quantitative estimate of drug-likeness (QED) is 0.551. The van der Waals surface area contributed by atoms with Gasteiger partial charge in [-0.3, -0.25) is 0 Å². The summed E-state index contributed by atoms with van der Waals surface area (Å²) in [6.45, 7) is 6.94. The van der Waals surface area contributed by atoms with E-state index in [1.807, 2.05) is 0 Å². The molecule has 0 aliphatic heterocycles.